The van der Waals surface area contributed by atoms with E-state index in [0.717, 1.165) is 19.5 Å². The second-order valence-electron chi connectivity index (χ2n) is 6.93. The number of amides is 1. The first-order valence-corrected chi connectivity index (χ1v) is 9.69. The molecule has 0 unspecified atom stereocenters. The van der Waals surface area contributed by atoms with Crippen molar-refractivity contribution in [2.24, 2.45) is 0 Å². The minimum absolute atomic E-state index is 0.162. The number of carbonyl (C=O) groups is 1. The van der Waals surface area contributed by atoms with Gasteiger partial charge >= 0.3 is 0 Å². The van der Waals surface area contributed by atoms with Crippen LogP contribution in [0.1, 0.15) is 48.7 Å². The van der Waals surface area contributed by atoms with Crippen molar-refractivity contribution in [1.82, 2.24) is 15.4 Å². The van der Waals surface area contributed by atoms with Gasteiger partial charge in [0.2, 0.25) is 0 Å². The number of hydrogen-bond donors (Lipinski definition) is 1. The summed E-state index contributed by atoms with van der Waals surface area (Å²) >= 11 is 6.25. The SMILES string of the molecule is Cc1onc(-c2ccccc2Cl)c1C(=O)NCCCN1CCCC[C@@H]1C. The zero-order chi connectivity index (χ0) is 18.5. The Morgan fingerprint density at radius 2 is 2.19 bits per heavy atom. The zero-order valence-electron chi connectivity index (χ0n) is 15.4. The van der Waals surface area contributed by atoms with Gasteiger partial charge in [0.25, 0.3) is 5.91 Å². The van der Waals surface area contributed by atoms with Crippen LogP contribution < -0.4 is 5.32 Å². The Bertz CT molecular complexity index is 759. The highest BCUT2D eigenvalue weighted by molar-refractivity contribution is 6.33. The van der Waals surface area contributed by atoms with Crippen LogP contribution in [-0.4, -0.2) is 41.6 Å². The van der Waals surface area contributed by atoms with Crippen LogP contribution in [0.25, 0.3) is 11.3 Å². The van der Waals surface area contributed by atoms with Crippen molar-refractivity contribution < 1.29 is 9.32 Å². The molecule has 1 aliphatic heterocycles. The van der Waals surface area contributed by atoms with Gasteiger partial charge in [-0.25, -0.2) is 0 Å². The fourth-order valence-electron chi connectivity index (χ4n) is 3.54. The lowest BCUT2D eigenvalue weighted by atomic mass is 10.0. The summed E-state index contributed by atoms with van der Waals surface area (Å²) in [6.45, 7) is 6.85. The molecule has 1 atom stereocenters. The van der Waals surface area contributed by atoms with Gasteiger partial charge in [-0.3, -0.25) is 4.79 Å². The summed E-state index contributed by atoms with van der Waals surface area (Å²) in [5, 5.41) is 7.60. The average molecular weight is 376 g/mol. The summed E-state index contributed by atoms with van der Waals surface area (Å²) in [6, 6.07) is 7.98. The number of likely N-dealkylation sites (tertiary alicyclic amines) is 1. The molecule has 3 rings (SSSR count). The van der Waals surface area contributed by atoms with E-state index in [4.69, 9.17) is 16.1 Å². The van der Waals surface area contributed by atoms with Gasteiger partial charge < -0.3 is 14.7 Å². The third kappa shape index (κ3) is 4.27. The molecular formula is C20H26ClN3O2. The quantitative estimate of drug-likeness (QED) is 0.765. The van der Waals surface area contributed by atoms with Crippen LogP contribution in [0, 0.1) is 6.92 Å². The Morgan fingerprint density at radius 3 is 2.96 bits per heavy atom. The number of nitrogens with one attached hydrogen (secondary N) is 1. The summed E-state index contributed by atoms with van der Waals surface area (Å²) < 4.78 is 5.26. The average Bonchev–Trinajstić information content (AvgIpc) is 3.02. The van der Waals surface area contributed by atoms with Crippen LogP contribution in [0.3, 0.4) is 0 Å². The van der Waals surface area contributed by atoms with E-state index in [2.05, 4.69) is 22.3 Å². The Kier molecular flexibility index (Phi) is 6.33. The fourth-order valence-corrected chi connectivity index (χ4v) is 3.76. The standard InChI is InChI=1S/C20H26ClN3O2/c1-14-8-5-6-12-24(14)13-7-11-22-20(25)18-15(2)26-23-19(18)16-9-3-4-10-17(16)21/h3-4,9-10,14H,5-8,11-13H2,1-2H3,(H,22,25)/t14-/m0/s1. The maximum Gasteiger partial charge on any atom is 0.257 e. The number of aryl methyl sites for hydroxylation is 1. The highest BCUT2D eigenvalue weighted by atomic mass is 35.5. The zero-order valence-corrected chi connectivity index (χ0v) is 16.2. The van der Waals surface area contributed by atoms with E-state index in [9.17, 15) is 4.79 Å². The van der Waals surface area contributed by atoms with E-state index in [-0.39, 0.29) is 5.91 Å². The largest absolute Gasteiger partial charge is 0.360 e. The molecule has 1 fully saturated rings. The van der Waals surface area contributed by atoms with Crippen molar-refractivity contribution in [2.45, 2.75) is 45.6 Å². The summed E-state index contributed by atoms with van der Waals surface area (Å²) in [7, 11) is 0. The number of aromatic nitrogens is 1. The minimum Gasteiger partial charge on any atom is -0.360 e. The molecule has 1 N–H and O–H groups in total. The van der Waals surface area contributed by atoms with Crippen LogP contribution in [0.4, 0.5) is 0 Å². The van der Waals surface area contributed by atoms with Crippen LogP contribution in [-0.2, 0) is 0 Å². The predicted octanol–water partition coefficient (Wildman–Crippen LogP) is 4.30. The maximum absolute atomic E-state index is 12.7. The van der Waals surface area contributed by atoms with Crippen LogP contribution in [0.5, 0.6) is 0 Å². The van der Waals surface area contributed by atoms with E-state index in [1.165, 1.54) is 19.3 Å². The number of carbonyl (C=O) groups excluding carboxylic acids is 1. The molecule has 1 saturated heterocycles. The van der Waals surface area contributed by atoms with E-state index in [0.29, 0.717) is 40.2 Å². The molecule has 1 aromatic heterocycles. The molecule has 0 bridgehead atoms. The third-order valence-electron chi connectivity index (χ3n) is 5.07. The summed E-state index contributed by atoms with van der Waals surface area (Å²) in [5.41, 5.74) is 1.66. The monoisotopic (exact) mass is 375 g/mol. The van der Waals surface area contributed by atoms with E-state index >= 15 is 0 Å². The van der Waals surface area contributed by atoms with Crippen LogP contribution >= 0.6 is 11.6 Å². The molecule has 1 amide bonds. The summed E-state index contributed by atoms with van der Waals surface area (Å²) in [5.74, 6) is 0.340. The Hall–Kier alpha value is -1.85. The molecule has 0 radical (unpaired) electrons. The second-order valence-corrected chi connectivity index (χ2v) is 7.34. The number of halogens is 1. The van der Waals surface area contributed by atoms with Gasteiger partial charge in [-0.2, -0.15) is 0 Å². The molecule has 0 aliphatic carbocycles. The van der Waals surface area contributed by atoms with E-state index in [1.54, 1.807) is 13.0 Å². The van der Waals surface area contributed by atoms with Gasteiger partial charge in [0.05, 0.1) is 5.02 Å². The lowest BCUT2D eigenvalue weighted by molar-refractivity contribution is 0.0948. The van der Waals surface area contributed by atoms with Gasteiger partial charge in [0.1, 0.15) is 17.0 Å². The number of nitrogens with zero attached hydrogens (tertiary/aromatic N) is 2. The Labute approximate surface area is 159 Å². The summed E-state index contributed by atoms with van der Waals surface area (Å²) in [6.07, 6.45) is 4.80. The van der Waals surface area contributed by atoms with Gasteiger partial charge in [0.15, 0.2) is 0 Å². The molecule has 140 valence electrons. The van der Waals surface area contributed by atoms with Crippen LogP contribution in [0.2, 0.25) is 5.02 Å². The van der Waals surface area contributed by atoms with E-state index in [1.807, 2.05) is 18.2 Å². The normalized spacial score (nSPS) is 18.0. The first-order chi connectivity index (χ1) is 12.6. The first-order valence-electron chi connectivity index (χ1n) is 9.31. The lowest BCUT2D eigenvalue weighted by Gasteiger charge is -2.33. The predicted molar refractivity (Wildman–Crippen MR) is 104 cm³/mol. The number of benzene rings is 1. The topological polar surface area (TPSA) is 58.4 Å². The fraction of sp³-hybridized carbons (Fsp3) is 0.500. The van der Waals surface area contributed by atoms with Crippen molar-refractivity contribution >= 4 is 17.5 Å². The van der Waals surface area contributed by atoms with Gasteiger partial charge in [-0.05, 0) is 45.7 Å². The first kappa shape index (κ1) is 18.9. The number of piperidine rings is 1. The molecular weight excluding hydrogens is 350 g/mol. The molecule has 1 aromatic carbocycles. The van der Waals surface area contributed by atoms with Gasteiger partial charge in [-0.15, -0.1) is 0 Å². The highest BCUT2D eigenvalue weighted by Gasteiger charge is 2.23. The van der Waals surface area contributed by atoms with Crippen molar-refractivity contribution in [1.29, 1.82) is 0 Å². The van der Waals surface area contributed by atoms with Crippen molar-refractivity contribution in [3.63, 3.8) is 0 Å². The third-order valence-corrected chi connectivity index (χ3v) is 5.40. The molecule has 5 nitrogen and oxygen atoms in total. The van der Waals surface area contributed by atoms with Crippen LogP contribution in [0.15, 0.2) is 28.8 Å². The number of rotatable bonds is 6. The second kappa shape index (κ2) is 8.69. The Morgan fingerprint density at radius 1 is 1.38 bits per heavy atom. The van der Waals surface area contributed by atoms with Crippen molar-refractivity contribution in [3.8, 4) is 11.3 Å². The molecule has 2 aromatic rings. The van der Waals surface area contributed by atoms with E-state index < -0.39 is 0 Å². The maximum atomic E-state index is 12.7. The lowest BCUT2D eigenvalue weighted by Crippen LogP contribution is -2.39. The summed E-state index contributed by atoms with van der Waals surface area (Å²) in [4.78, 5) is 15.2. The number of hydrogen-bond acceptors (Lipinski definition) is 4. The highest BCUT2D eigenvalue weighted by Crippen LogP contribution is 2.30. The van der Waals surface area contributed by atoms with Crippen molar-refractivity contribution in [2.75, 3.05) is 19.6 Å². The molecule has 1 aliphatic rings. The molecule has 0 saturated carbocycles. The van der Waals surface area contributed by atoms with Crippen molar-refractivity contribution in [3.05, 3.63) is 40.6 Å². The molecule has 2 heterocycles. The molecule has 6 heteroatoms. The molecule has 0 spiro atoms. The smallest absolute Gasteiger partial charge is 0.257 e. The minimum atomic E-state index is -0.162. The van der Waals surface area contributed by atoms with Gasteiger partial charge in [0, 0.05) is 24.7 Å². The van der Waals surface area contributed by atoms with Gasteiger partial charge in [-0.1, -0.05) is 41.4 Å². The molecule has 26 heavy (non-hydrogen) atoms. The Balaban J connectivity index is 1.60.